The van der Waals surface area contributed by atoms with Crippen LogP contribution in [0.25, 0.3) is 22.3 Å². The Labute approximate surface area is 143 Å². The van der Waals surface area contributed by atoms with E-state index >= 15 is 0 Å². The van der Waals surface area contributed by atoms with Gasteiger partial charge in [-0.25, -0.2) is 4.39 Å². The molecular formula is C23H21F. The molecule has 0 saturated heterocycles. The van der Waals surface area contributed by atoms with Crippen LogP contribution in [0.1, 0.15) is 17.5 Å². The van der Waals surface area contributed by atoms with E-state index in [4.69, 9.17) is 0 Å². The molecule has 0 aliphatic heterocycles. The number of hydrogen-bond acceptors (Lipinski definition) is 0. The average molecular weight is 316 g/mol. The summed E-state index contributed by atoms with van der Waals surface area (Å²) in [5.41, 5.74) is 5.93. The van der Waals surface area contributed by atoms with Gasteiger partial charge in [0.1, 0.15) is 5.82 Å². The second kappa shape index (κ2) is 7.27. The first kappa shape index (κ1) is 16.2. The quantitative estimate of drug-likeness (QED) is 0.466. The van der Waals surface area contributed by atoms with Crippen LogP contribution in [0.4, 0.5) is 4.39 Å². The molecule has 0 saturated carbocycles. The summed E-state index contributed by atoms with van der Waals surface area (Å²) < 4.78 is 14.6. The molecule has 0 heterocycles. The molecule has 3 aromatic rings. The van der Waals surface area contributed by atoms with Crippen LogP contribution in [-0.4, -0.2) is 0 Å². The third-order valence-electron chi connectivity index (χ3n) is 4.26. The summed E-state index contributed by atoms with van der Waals surface area (Å²) >= 11 is 0. The largest absolute Gasteiger partial charge is 0.206 e. The molecule has 0 atom stereocenters. The molecule has 0 spiro atoms. The minimum absolute atomic E-state index is 0.188. The summed E-state index contributed by atoms with van der Waals surface area (Å²) in [7, 11) is 0. The second-order valence-electron chi connectivity index (χ2n) is 6.08. The highest BCUT2D eigenvalue weighted by Gasteiger charge is 2.07. The molecule has 0 fully saturated rings. The Bertz CT molecular complexity index is 827. The minimum atomic E-state index is -0.188. The maximum absolute atomic E-state index is 14.6. The van der Waals surface area contributed by atoms with Gasteiger partial charge < -0.3 is 0 Å². The Morgan fingerprint density at radius 2 is 1.46 bits per heavy atom. The molecule has 0 aromatic heterocycles. The summed E-state index contributed by atoms with van der Waals surface area (Å²) in [6, 6.07) is 21.7. The molecule has 0 nitrogen and oxygen atoms in total. The highest BCUT2D eigenvalue weighted by Crippen LogP contribution is 2.28. The first-order valence-corrected chi connectivity index (χ1v) is 8.24. The number of rotatable bonds is 5. The summed E-state index contributed by atoms with van der Waals surface area (Å²) in [5.74, 6) is -0.188. The molecule has 24 heavy (non-hydrogen) atoms. The number of allylic oxidation sites excluding steroid dienone is 1. The maximum atomic E-state index is 14.6. The van der Waals surface area contributed by atoms with Crippen LogP contribution in [0.2, 0.25) is 0 Å². The molecule has 0 bridgehead atoms. The lowest BCUT2D eigenvalue weighted by Gasteiger charge is -2.08. The van der Waals surface area contributed by atoms with Gasteiger partial charge in [0.25, 0.3) is 0 Å². The smallest absolute Gasteiger partial charge is 0.131 e. The zero-order valence-electron chi connectivity index (χ0n) is 13.9. The Balaban J connectivity index is 1.87. The minimum Gasteiger partial charge on any atom is -0.206 e. The van der Waals surface area contributed by atoms with Crippen molar-refractivity contribution in [3.8, 4) is 22.3 Å². The monoisotopic (exact) mass is 316 g/mol. The number of hydrogen-bond donors (Lipinski definition) is 0. The van der Waals surface area contributed by atoms with Crippen molar-refractivity contribution in [3.05, 3.63) is 96.3 Å². The molecule has 120 valence electrons. The van der Waals surface area contributed by atoms with Gasteiger partial charge in [-0.05, 0) is 48.1 Å². The third-order valence-corrected chi connectivity index (χ3v) is 4.26. The molecule has 0 radical (unpaired) electrons. The van der Waals surface area contributed by atoms with Crippen LogP contribution in [0, 0.1) is 12.7 Å². The predicted molar refractivity (Wildman–Crippen MR) is 101 cm³/mol. The lowest BCUT2D eigenvalue weighted by Crippen LogP contribution is -1.88. The lowest BCUT2D eigenvalue weighted by molar-refractivity contribution is 0.632. The summed E-state index contributed by atoms with van der Waals surface area (Å²) in [4.78, 5) is 0. The first-order chi connectivity index (χ1) is 11.7. The van der Waals surface area contributed by atoms with E-state index in [0.717, 1.165) is 29.5 Å². The van der Waals surface area contributed by atoms with Gasteiger partial charge in [0.2, 0.25) is 0 Å². The van der Waals surface area contributed by atoms with E-state index in [1.807, 2.05) is 61.5 Å². The summed E-state index contributed by atoms with van der Waals surface area (Å²) in [5, 5.41) is 0. The highest BCUT2D eigenvalue weighted by molar-refractivity contribution is 5.71. The molecule has 3 rings (SSSR count). The van der Waals surface area contributed by atoms with Crippen molar-refractivity contribution in [2.75, 3.05) is 0 Å². The van der Waals surface area contributed by atoms with Crippen molar-refractivity contribution in [1.82, 2.24) is 0 Å². The predicted octanol–water partition coefficient (Wildman–Crippen LogP) is 6.59. The number of halogens is 1. The molecule has 1 heteroatoms. The van der Waals surface area contributed by atoms with Crippen LogP contribution < -0.4 is 0 Å². The maximum Gasteiger partial charge on any atom is 0.131 e. The Morgan fingerprint density at radius 3 is 2.08 bits per heavy atom. The van der Waals surface area contributed by atoms with Crippen molar-refractivity contribution >= 4 is 0 Å². The van der Waals surface area contributed by atoms with E-state index in [1.165, 1.54) is 11.1 Å². The standard InChI is InChI=1S/C23H21F/c1-3-4-5-18-8-12-20(13-9-18)22-15-14-21(16-23(22)24)19-10-6-17(2)7-11-19/h3,6-16H,1,4-5H2,2H3. The Kier molecular flexibility index (Phi) is 4.90. The van der Waals surface area contributed by atoms with Crippen molar-refractivity contribution < 1.29 is 4.39 Å². The Hall–Kier alpha value is -2.67. The zero-order valence-corrected chi connectivity index (χ0v) is 13.9. The van der Waals surface area contributed by atoms with Crippen LogP contribution in [0.3, 0.4) is 0 Å². The van der Waals surface area contributed by atoms with E-state index in [2.05, 4.69) is 18.7 Å². The van der Waals surface area contributed by atoms with E-state index < -0.39 is 0 Å². The van der Waals surface area contributed by atoms with Crippen molar-refractivity contribution in [2.24, 2.45) is 0 Å². The average Bonchev–Trinajstić information content (AvgIpc) is 2.61. The fourth-order valence-corrected chi connectivity index (χ4v) is 2.79. The van der Waals surface area contributed by atoms with Gasteiger partial charge in [0, 0.05) is 5.56 Å². The topological polar surface area (TPSA) is 0 Å². The van der Waals surface area contributed by atoms with Crippen molar-refractivity contribution in [1.29, 1.82) is 0 Å². The Morgan fingerprint density at radius 1 is 0.833 bits per heavy atom. The molecule has 0 aliphatic rings. The van der Waals surface area contributed by atoms with Crippen LogP contribution in [0.5, 0.6) is 0 Å². The molecular weight excluding hydrogens is 295 g/mol. The molecule has 3 aromatic carbocycles. The van der Waals surface area contributed by atoms with Crippen LogP contribution >= 0.6 is 0 Å². The van der Waals surface area contributed by atoms with E-state index in [9.17, 15) is 4.39 Å². The normalized spacial score (nSPS) is 10.6. The first-order valence-electron chi connectivity index (χ1n) is 8.24. The van der Waals surface area contributed by atoms with Gasteiger partial charge >= 0.3 is 0 Å². The van der Waals surface area contributed by atoms with E-state index in [0.29, 0.717) is 5.56 Å². The summed E-state index contributed by atoms with van der Waals surface area (Å²) in [6.45, 7) is 5.79. The molecule has 0 aliphatic carbocycles. The van der Waals surface area contributed by atoms with Gasteiger partial charge in [0.15, 0.2) is 0 Å². The molecule has 0 amide bonds. The lowest BCUT2D eigenvalue weighted by atomic mass is 9.98. The van der Waals surface area contributed by atoms with E-state index in [1.54, 1.807) is 6.07 Å². The van der Waals surface area contributed by atoms with E-state index in [-0.39, 0.29) is 5.82 Å². The van der Waals surface area contributed by atoms with Crippen molar-refractivity contribution in [3.63, 3.8) is 0 Å². The fourth-order valence-electron chi connectivity index (χ4n) is 2.79. The SMILES string of the molecule is C=CCCc1ccc(-c2ccc(-c3ccc(C)cc3)cc2F)cc1. The van der Waals surface area contributed by atoms with Crippen molar-refractivity contribution in [2.45, 2.75) is 19.8 Å². The fraction of sp³-hybridized carbons (Fsp3) is 0.130. The van der Waals surface area contributed by atoms with Gasteiger partial charge in [-0.3, -0.25) is 0 Å². The molecule has 0 unspecified atom stereocenters. The number of aryl methyl sites for hydroxylation is 2. The van der Waals surface area contributed by atoms with Gasteiger partial charge in [-0.2, -0.15) is 0 Å². The highest BCUT2D eigenvalue weighted by atomic mass is 19.1. The van der Waals surface area contributed by atoms with Crippen LogP contribution in [0.15, 0.2) is 79.4 Å². The van der Waals surface area contributed by atoms with Gasteiger partial charge in [0.05, 0.1) is 0 Å². The summed E-state index contributed by atoms with van der Waals surface area (Å²) in [6.07, 6.45) is 3.84. The second-order valence-corrected chi connectivity index (χ2v) is 6.08. The molecule has 0 N–H and O–H groups in total. The van der Waals surface area contributed by atoms with Gasteiger partial charge in [-0.15, -0.1) is 6.58 Å². The zero-order chi connectivity index (χ0) is 16.9. The van der Waals surface area contributed by atoms with Crippen LogP contribution in [-0.2, 0) is 6.42 Å². The third kappa shape index (κ3) is 3.62. The number of benzene rings is 3. The van der Waals surface area contributed by atoms with Gasteiger partial charge in [-0.1, -0.05) is 72.3 Å².